The van der Waals surface area contributed by atoms with Crippen molar-refractivity contribution in [3.8, 4) is 18.2 Å². The summed E-state index contributed by atoms with van der Waals surface area (Å²) in [5.41, 5.74) is 0.152. The van der Waals surface area contributed by atoms with Crippen LogP contribution in [0.5, 0.6) is 0 Å². The van der Waals surface area contributed by atoms with Crippen LogP contribution in [-0.4, -0.2) is 4.98 Å². The SMILES string of the molecule is N#Cc1[c]ncc(C#N)c1C#N. The van der Waals surface area contributed by atoms with Crippen molar-refractivity contribution in [1.82, 2.24) is 4.98 Å². The predicted molar refractivity (Wildman–Crippen MR) is 37.2 cm³/mol. The fraction of sp³-hybridized carbons (Fsp3) is 0. The predicted octanol–water partition coefficient (Wildman–Crippen LogP) is 0.497. The summed E-state index contributed by atoms with van der Waals surface area (Å²) >= 11 is 0. The average molecular weight is 153 g/mol. The Morgan fingerprint density at radius 1 is 1.17 bits per heavy atom. The molecule has 4 heteroatoms. The molecule has 0 aliphatic heterocycles. The van der Waals surface area contributed by atoms with Gasteiger partial charge in [-0.2, -0.15) is 15.8 Å². The second kappa shape index (κ2) is 3.14. The van der Waals surface area contributed by atoms with Crippen molar-refractivity contribution >= 4 is 0 Å². The molecule has 1 aromatic rings. The summed E-state index contributed by atoms with van der Waals surface area (Å²) in [4.78, 5) is 3.51. The first-order chi connectivity index (χ1) is 5.83. The lowest BCUT2D eigenvalue weighted by Gasteiger charge is -1.92. The second-order valence-electron chi connectivity index (χ2n) is 1.87. The molecule has 0 atom stereocenters. The van der Waals surface area contributed by atoms with Gasteiger partial charge in [-0.15, -0.1) is 0 Å². The molecule has 0 saturated heterocycles. The highest BCUT2D eigenvalue weighted by atomic mass is 14.6. The quantitative estimate of drug-likeness (QED) is 0.543. The topological polar surface area (TPSA) is 84.3 Å². The fourth-order valence-corrected chi connectivity index (χ4v) is 0.698. The molecular formula is C8HN4. The number of aromatic nitrogens is 1. The Hall–Kier alpha value is -2.38. The lowest BCUT2D eigenvalue weighted by atomic mass is 10.1. The van der Waals surface area contributed by atoms with Gasteiger partial charge in [0.05, 0.1) is 16.7 Å². The molecule has 0 amide bonds. The third kappa shape index (κ3) is 1.08. The van der Waals surface area contributed by atoms with Gasteiger partial charge in [-0.05, 0) is 0 Å². The van der Waals surface area contributed by atoms with Crippen LogP contribution in [0, 0.1) is 40.2 Å². The van der Waals surface area contributed by atoms with E-state index in [4.69, 9.17) is 15.8 Å². The van der Waals surface area contributed by atoms with E-state index in [1.165, 1.54) is 6.20 Å². The number of pyridine rings is 1. The maximum absolute atomic E-state index is 8.56. The molecule has 12 heavy (non-hydrogen) atoms. The van der Waals surface area contributed by atoms with Crippen LogP contribution in [-0.2, 0) is 0 Å². The monoisotopic (exact) mass is 153 g/mol. The Kier molecular flexibility index (Phi) is 2.02. The van der Waals surface area contributed by atoms with Gasteiger partial charge in [0.15, 0.2) is 0 Å². The van der Waals surface area contributed by atoms with Gasteiger partial charge in [0, 0.05) is 6.20 Å². The summed E-state index contributed by atoms with van der Waals surface area (Å²) in [6, 6.07) is 5.24. The van der Waals surface area contributed by atoms with Crippen LogP contribution in [0.1, 0.15) is 16.7 Å². The first-order valence-electron chi connectivity index (χ1n) is 2.94. The third-order valence-corrected chi connectivity index (χ3v) is 1.23. The van der Waals surface area contributed by atoms with Crippen molar-refractivity contribution in [2.24, 2.45) is 0 Å². The van der Waals surface area contributed by atoms with Crippen LogP contribution in [0.4, 0.5) is 0 Å². The average Bonchev–Trinajstić information content (AvgIpc) is 2.16. The summed E-state index contributed by atoms with van der Waals surface area (Å²) < 4.78 is 0. The van der Waals surface area contributed by atoms with Gasteiger partial charge in [-0.1, -0.05) is 0 Å². The van der Waals surface area contributed by atoms with E-state index in [0.717, 1.165) is 0 Å². The summed E-state index contributed by atoms with van der Waals surface area (Å²) in [5.74, 6) is 0. The Morgan fingerprint density at radius 3 is 2.42 bits per heavy atom. The van der Waals surface area contributed by atoms with Gasteiger partial charge in [0.25, 0.3) is 0 Å². The summed E-state index contributed by atoms with van der Waals surface area (Å²) in [6.07, 6.45) is 3.54. The zero-order valence-corrected chi connectivity index (χ0v) is 5.87. The Morgan fingerprint density at radius 2 is 1.92 bits per heavy atom. The summed E-state index contributed by atoms with van der Waals surface area (Å²) in [7, 11) is 0. The Labute approximate surface area is 68.9 Å². The molecule has 0 saturated carbocycles. The van der Waals surface area contributed by atoms with E-state index in [0.29, 0.717) is 0 Å². The van der Waals surface area contributed by atoms with Crippen molar-refractivity contribution in [3.05, 3.63) is 29.1 Å². The fourth-order valence-electron chi connectivity index (χ4n) is 0.698. The van der Waals surface area contributed by atoms with Crippen molar-refractivity contribution in [1.29, 1.82) is 15.8 Å². The normalized spacial score (nSPS) is 7.75. The molecule has 0 aliphatic rings. The molecule has 0 spiro atoms. The first kappa shape index (κ1) is 7.72. The van der Waals surface area contributed by atoms with Crippen LogP contribution >= 0.6 is 0 Å². The van der Waals surface area contributed by atoms with Crippen LogP contribution in [0.3, 0.4) is 0 Å². The van der Waals surface area contributed by atoms with Gasteiger partial charge in [-0.25, -0.2) is 0 Å². The van der Waals surface area contributed by atoms with Crippen LogP contribution < -0.4 is 0 Å². The van der Waals surface area contributed by atoms with Crippen molar-refractivity contribution < 1.29 is 0 Å². The molecule has 0 aliphatic carbocycles. The highest BCUT2D eigenvalue weighted by Gasteiger charge is 2.07. The van der Waals surface area contributed by atoms with E-state index in [2.05, 4.69) is 11.2 Å². The van der Waals surface area contributed by atoms with Gasteiger partial charge < -0.3 is 0 Å². The van der Waals surface area contributed by atoms with Crippen molar-refractivity contribution in [2.45, 2.75) is 0 Å². The molecule has 1 heterocycles. The molecule has 53 valence electrons. The number of nitrogens with zero attached hydrogens (tertiary/aromatic N) is 4. The van der Waals surface area contributed by atoms with E-state index in [1.54, 1.807) is 18.2 Å². The zero-order valence-electron chi connectivity index (χ0n) is 5.87. The minimum atomic E-state index is 0.0107. The van der Waals surface area contributed by atoms with E-state index in [1.807, 2.05) is 0 Å². The van der Waals surface area contributed by atoms with Crippen molar-refractivity contribution in [3.63, 3.8) is 0 Å². The standard InChI is InChI=1S/C8HN4/c9-1-6-4-12-5-7(2-10)8(6)3-11/h4H. The van der Waals surface area contributed by atoms with Gasteiger partial charge in [-0.3, -0.25) is 4.98 Å². The zero-order chi connectivity index (χ0) is 8.97. The Bertz CT molecular complexity index is 396. The molecule has 0 unspecified atom stereocenters. The molecule has 0 aromatic carbocycles. The maximum atomic E-state index is 8.56. The molecular weight excluding hydrogens is 152 g/mol. The maximum Gasteiger partial charge on any atom is 0.109 e. The first-order valence-corrected chi connectivity index (χ1v) is 2.94. The second-order valence-corrected chi connectivity index (χ2v) is 1.87. The Balaban J connectivity index is 3.51. The molecule has 4 nitrogen and oxygen atoms in total. The summed E-state index contributed by atoms with van der Waals surface area (Å²) in [5, 5.41) is 25.6. The number of nitriles is 3. The largest absolute Gasteiger partial charge is 0.252 e. The number of rotatable bonds is 0. The summed E-state index contributed by atoms with van der Waals surface area (Å²) in [6.45, 7) is 0. The number of hydrogen-bond donors (Lipinski definition) is 0. The lowest BCUT2D eigenvalue weighted by molar-refractivity contribution is 1.24. The van der Waals surface area contributed by atoms with Crippen LogP contribution in [0.25, 0.3) is 0 Å². The minimum Gasteiger partial charge on any atom is -0.252 e. The third-order valence-electron chi connectivity index (χ3n) is 1.23. The van der Waals surface area contributed by atoms with E-state index < -0.39 is 0 Å². The molecule has 1 rings (SSSR count). The highest BCUT2D eigenvalue weighted by molar-refractivity contribution is 5.52. The van der Waals surface area contributed by atoms with Gasteiger partial charge >= 0.3 is 0 Å². The molecule has 0 N–H and O–H groups in total. The van der Waals surface area contributed by atoms with Gasteiger partial charge in [0.2, 0.25) is 0 Å². The molecule has 0 bridgehead atoms. The smallest absolute Gasteiger partial charge is 0.109 e. The van der Waals surface area contributed by atoms with Gasteiger partial charge in [0.1, 0.15) is 24.4 Å². The molecule has 1 aromatic heterocycles. The highest BCUT2D eigenvalue weighted by Crippen LogP contribution is 2.08. The molecule has 1 radical (unpaired) electrons. The van der Waals surface area contributed by atoms with Crippen molar-refractivity contribution in [2.75, 3.05) is 0 Å². The minimum absolute atomic E-state index is 0.0107. The van der Waals surface area contributed by atoms with Crippen LogP contribution in [0.2, 0.25) is 0 Å². The van der Waals surface area contributed by atoms with Crippen LogP contribution in [0.15, 0.2) is 6.20 Å². The van der Waals surface area contributed by atoms with E-state index in [9.17, 15) is 0 Å². The molecule has 0 fully saturated rings. The number of hydrogen-bond acceptors (Lipinski definition) is 4. The lowest BCUT2D eigenvalue weighted by Crippen LogP contribution is -1.91. The van der Waals surface area contributed by atoms with E-state index >= 15 is 0 Å². The van der Waals surface area contributed by atoms with E-state index in [-0.39, 0.29) is 16.7 Å².